The van der Waals surface area contributed by atoms with Crippen LogP contribution in [0.1, 0.15) is 27.4 Å². The molecular weight excluding hydrogens is 556 g/mol. The average Bonchev–Trinajstić information content (AvgIpc) is 3.52. The smallest absolute Gasteiger partial charge is 0.323 e. The Hall–Kier alpha value is -3.77. The minimum absolute atomic E-state index is 0.00288. The van der Waals surface area contributed by atoms with Crippen LogP contribution < -0.4 is 31.4 Å². The van der Waals surface area contributed by atoms with Crippen LogP contribution in [0.2, 0.25) is 0 Å². The number of hydrogen-bond donors (Lipinski definition) is 6. The monoisotopic (exact) mass is 583 g/mol. The quantitative estimate of drug-likeness (QED) is 0.174. The van der Waals surface area contributed by atoms with Crippen LogP contribution in [0, 0.1) is 25.5 Å². The average molecular weight is 584 g/mol. The number of nitrogens with one attached hydrogen (secondary N) is 5. The van der Waals surface area contributed by atoms with Gasteiger partial charge in [-0.15, -0.1) is 0 Å². The Morgan fingerprint density at radius 3 is 2.55 bits per heavy atom. The summed E-state index contributed by atoms with van der Waals surface area (Å²) < 4.78 is 63.5. The van der Waals surface area contributed by atoms with Gasteiger partial charge in [-0.2, -0.15) is 4.72 Å². The van der Waals surface area contributed by atoms with Crippen molar-refractivity contribution in [3.63, 3.8) is 0 Å². The molecule has 0 radical (unpaired) electrons. The summed E-state index contributed by atoms with van der Waals surface area (Å²) in [6.07, 6.45) is 0.690. The van der Waals surface area contributed by atoms with Crippen LogP contribution in [0.3, 0.4) is 0 Å². The summed E-state index contributed by atoms with van der Waals surface area (Å²) in [6.45, 7) is 3.10. The summed E-state index contributed by atoms with van der Waals surface area (Å²) in [7, 11) is -3.05. The molecular formula is C23H27F2N7O7S. The van der Waals surface area contributed by atoms with Crippen LogP contribution in [-0.4, -0.2) is 67.1 Å². The van der Waals surface area contributed by atoms with Gasteiger partial charge in [0.2, 0.25) is 15.5 Å². The van der Waals surface area contributed by atoms with E-state index in [0.717, 1.165) is 16.8 Å². The van der Waals surface area contributed by atoms with Gasteiger partial charge in [-0.1, -0.05) is 5.16 Å². The lowest BCUT2D eigenvalue weighted by molar-refractivity contribution is -0.138. The normalized spacial score (nSPS) is 15.0. The number of aryl methyl sites for hydroxylation is 3. The zero-order valence-electron chi connectivity index (χ0n) is 21.6. The molecule has 1 unspecified atom stereocenters. The molecule has 3 aromatic rings. The fourth-order valence-electron chi connectivity index (χ4n) is 4.38. The summed E-state index contributed by atoms with van der Waals surface area (Å²) in [4.78, 5) is 37.3. The number of carbonyl (C=O) groups excluding carboxylic acids is 1. The maximum Gasteiger partial charge on any atom is 0.323 e. The molecule has 1 saturated heterocycles. The lowest BCUT2D eigenvalue weighted by atomic mass is 10.1. The van der Waals surface area contributed by atoms with Crippen molar-refractivity contribution in [1.29, 1.82) is 0 Å². The van der Waals surface area contributed by atoms with Crippen molar-refractivity contribution >= 4 is 32.8 Å². The highest BCUT2D eigenvalue weighted by Gasteiger charge is 2.31. The SMILES string of the molecule is Cc1noc(C)c1S(=O)(=O)NC(CNC(=O)c1cn(C)c2c(F)c(CNC3NCCN3)c(F)cc2c1=O)C(=O)O. The summed E-state index contributed by atoms with van der Waals surface area (Å²) in [5.74, 6) is -4.73. The van der Waals surface area contributed by atoms with Crippen LogP contribution in [0.5, 0.6) is 0 Å². The van der Waals surface area contributed by atoms with Crippen molar-refractivity contribution in [3.8, 4) is 0 Å². The second kappa shape index (κ2) is 11.4. The van der Waals surface area contributed by atoms with Gasteiger partial charge in [0.25, 0.3) is 5.91 Å². The molecule has 1 atom stereocenters. The van der Waals surface area contributed by atoms with E-state index in [1.807, 2.05) is 4.72 Å². The number of aromatic nitrogens is 2. The Bertz CT molecular complexity index is 1630. The van der Waals surface area contributed by atoms with E-state index in [9.17, 15) is 32.3 Å². The topological polar surface area (TPSA) is 197 Å². The predicted octanol–water partition coefficient (Wildman–Crippen LogP) is -0.851. The van der Waals surface area contributed by atoms with Crippen LogP contribution in [0.4, 0.5) is 8.78 Å². The lowest BCUT2D eigenvalue weighted by Crippen LogP contribution is -2.48. The number of aliphatic carboxylic acids is 1. The van der Waals surface area contributed by atoms with Crippen molar-refractivity contribution in [2.45, 2.75) is 37.6 Å². The first-order valence-corrected chi connectivity index (χ1v) is 13.5. The van der Waals surface area contributed by atoms with Crippen LogP contribution in [0.15, 0.2) is 26.5 Å². The van der Waals surface area contributed by atoms with Crippen molar-refractivity contribution in [2.24, 2.45) is 7.05 Å². The largest absolute Gasteiger partial charge is 0.480 e. The molecule has 3 heterocycles. The Kier molecular flexibility index (Phi) is 8.31. The first-order valence-electron chi connectivity index (χ1n) is 12.0. The Morgan fingerprint density at radius 2 is 1.95 bits per heavy atom. The number of benzene rings is 1. The van der Waals surface area contributed by atoms with E-state index < -0.39 is 62.5 Å². The Morgan fingerprint density at radius 1 is 1.27 bits per heavy atom. The van der Waals surface area contributed by atoms with E-state index in [1.54, 1.807) is 0 Å². The van der Waals surface area contributed by atoms with E-state index in [-0.39, 0.29) is 40.3 Å². The molecule has 1 fully saturated rings. The third kappa shape index (κ3) is 5.73. The van der Waals surface area contributed by atoms with Gasteiger partial charge < -0.3 is 19.5 Å². The van der Waals surface area contributed by atoms with Crippen molar-refractivity contribution in [3.05, 3.63) is 56.7 Å². The molecule has 1 amide bonds. The molecule has 0 saturated carbocycles. The first-order chi connectivity index (χ1) is 18.8. The van der Waals surface area contributed by atoms with Gasteiger partial charge in [-0.3, -0.25) is 30.3 Å². The fourth-order valence-corrected chi connectivity index (χ4v) is 5.90. The van der Waals surface area contributed by atoms with E-state index in [0.29, 0.717) is 13.1 Å². The molecule has 0 aliphatic carbocycles. The third-order valence-electron chi connectivity index (χ3n) is 6.30. The summed E-state index contributed by atoms with van der Waals surface area (Å²) in [5, 5.41) is 23.8. The maximum atomic E-state index is 15.3. The van der Waals surface area contributed by atoms with Gasteiger partial charge in [0.05, 0.1) is 10.9 Å². The molecule has 216 valence electrons. The molecule has 6 N–H and O–H groups in total. The van der Waals surface area contributed by atoms with Crippen molar-refractivity contribution < 1.29 is 36.4 Å². The van der Waals surface area contributed by atoms with Gasteiger partial charge in [0, 0.05) is 45.0 Å². The molecule has 0 bridgehead atoms. The molecule has 4 rings (SSSR count). The van der Waals surface area contributed by atoms with Gasteiger partial charge in [0.15, 0.2) is 11.6 Å². The van der Waals surface area contributed by atoms with E-state index in [4.69, 9.17) is 4.52 Å². The second-order valence-electron chi connectivity index (χ2n) is 9.13. The number of fused-ring (bicyclic) bond motifs is 1. The minimum Gasteiger partial charge on any atom is -0.480 e. The van der Waals surface area contributed by atoms with E-state index in [2.05, 4.69) is 26.4 Å². The zero-order valence-corrected chi connectivity index (χ0v) is 22.4. The first kappa shape index (κ1) is 29.2. The highest BCUT2D eigenvalue weighted by atomic mass is 32.2. The fraction of sp³-hybridized carbons (Fsp3) is 0.391. The maximum absolute atomic E-state index is 15.3. The van der Waals surface area contributed by atoms with Crippen LogP contribution in [0.25, 0.3) is 10.9 Å². The van der Waals surface area contributed by atoms with E-state index in [1.165, 1.54) is 20.9 Å². The highest BCUT2D eigenvalue weighted by molar-refractivity contribution is 7.89. The minimum atomic E-state index is -4.40. The molecule has 0 spiro atoms. The molecule has 2 aromatic heterocycles. The number of rotatable bonds is 10. The van der Waals surface area contributed by atoms with Gasteiger partial charge in [-0.05, 0) is 19.9 Å². The highest BCUT2D eigenvalue weighted by Crippen LogP contribution is 2.23. The number of pyridine rings is 1. The number of hydrogen-bond acceptors (Lipinski definition) is 10. The standard InChI is InChI=1S/C23H27F2N7O7S/c1-10-20(11(2)39-30-10)40(37,38)31-16(22(35)36)8-28-21(34)14-9-32(3)18-12(19(14)33)6-15(24)13(17(18)25)7-29-23-26-4-5-27-23/h6,9,16,23,26-27,29,31H,4-5,7-8H2,1-3H3,(H,28,34)(H,35,36). The summed E-state index contributed by atoms with van der Waals surface area (Å²) in [6, 6.07) is -0.997. The Labute approximate surface area is 226 Å². The number of sulfonamides is 1. The molecule has 1 aliphatic rings. The number of amides is 1. The van der Waals surface area contributed by atoms with Crippen LogP contribution in [-0.2, 0) is 28.4 Å². The summed E-state index contributed by atoms with van der Waals surface area (Å²) >= 11 is 0. The zero-order chi connectivity index (χ0) is 29.4. The van der Waals surface area contributed by atoms with Gasteiger partial charge in [0.1, 0.15) is 34.3 Å². The molecule has 1 aromatic carbocycles. The lowest BCUT2D eigenvalue weighted by Gasteiger charge is -2.17. The molecule has 40 heavy (non-hydrogen) atoms. The van der Waals surface area contributed by atoms with Crippen LogP contribution >= 0.6 is 0 Å². The number of carboxylic acids is 1. The van der Waals surface area contributed by atoms with Crippen molar-refractivity contribution in [2.75, 3.05) is 19.6 Å². The number of halogens is 2. The Balaban J connectivity index is 1.56. The second-order valence-corrected chi connectivity index (χ2v) is 10.8. The van der Waals surface area contributed by atoms with E-state index >= 15 is 4.39 Å². The summed E-state index contributed by atoms with van der Waals surface area (Å²) in [5.41, 5.74) is -2.06. The molecule has 17 heteroatoms. The number of carbonyl (C=O) groups is 2. The number of carboxylic acid groups (broad SMARTS) is 1. The predicted molar refractivity (Wildman–Crippen MR) is 136 cm³/mol. The molecule has 1 aliphatic heterocycles. The van der Waals surface area contributed by atoms with Crippen molar-refractivity contribution in [1.82, 2.24) is 35.7 Å². The van der Waals surface area contributed by atoms with Gasteiger partial charge in [-0.25, -0.2) is 17.2 Å². The molecule has 14 nitrogen and oxygen atoms in total. The van der Waals surface area contributed by atoms with Gasteiger partial charge >= 0.3 is 5.97 Å². The number of nitrogens with zero attached hydrogens (tertiary/aromatic N) is 2. The third-order valence-corrected chi connectivity index (χ3v) is 8.02.